The van der Waals surface area contributed by atoms with Crippen molar-refractivity contribution in [2.24, 2.45) is 17.4 Å². The van der Waals surface area contributed by atoms with Gasteiger partial charge in [-0.1, -0.05) is 20.3 Å². The molecular formula is C18H31N5O7. The number of aliphatic hydroxyl groups is 1. The molecule has 170 valence electrons. The van der Waals surface area contributed by atoms with Crippen LogP contribution in [0, 0.1) is 5.92 Å². The second-order valence-corrected chi connectivity index (χ2v) is 7.42. The predicted molar refractivity (Wildman–Crippen MR) is 105 cm³/mol. The van der Waals surface area contributed by atoms with Crippen molar-refractivity contribution in [3.8, 4) is 0 Å². The number of carbonyl (C=O) groups excluding carboxylic acids is 4. The Labute approximate surface area is 174 Å². The van der Waals surface area contributed by atoms with E-state index in [0.29, 0.717) is 19.3 Å². The summed E-state index contributed by atoms with van der Waals surface area (Å²) < 4.78 is 0. The van der Waals surface area contributed by atoms with Crippen LogP contribution in [0.4, 0.5) is 0 Å². The lowest BCUT2D eigenvalue weighted by molar-refractivity contribution is -0.146. The number of aliphatic hydroxyl groups excluding tert-OH is 1. The lowest BCUT2D eigenvalue weighted by Gasteiger charge is -2.32. The molecule has 0 saturated carbocycles. The van der Waals surface area contributed by atoms with Crippen LogP contribution in [0.25, 0.3) is 0 Å². The number of carboxylic acids is 1. The topological polar surface area (TPSA) is 205 Å². The van der Waals surface area contributed by atoms with Gasteiger partial charge in [-0.3, -0.25) is 19.2 Å². The molecule has 12 nitrogen and oxygen atoms in total. The summed E-state index contributed by atoms with van der Waals surface area (Å²) in [4.78, 5) is 61.5. The fraction of sp³-hybridized carbons (Fsp3) is 0.722. The Balaban J connectivity index is 2.98. The van der Waals surface area contributed by atoms with Gasteiger partial charge in [0.05, 0.1) is 13.0 Å². The van der Waals surface area contributed by atoms with Gasteiger partial charge in [0, 0.05) is 6.54 Å². The van der Waals surface area contributed by atoms with E-state index in [-0.39, 0.29) is 12.5 Å². The first-order valence-electron chi connectivity index (χ1n) is 9.82. The van der Waals surface area contributed by atoms with Gasteiger partial charge in [-0.05, 0) is 18.8 Å². The average Bonchev–Trinajstić information content (AvgIpc) is 3.19. The molecule has 1 rings (SSSR count). The summed E-state index contributed by atoms with van der Waals surface area (Å²) in [6.07, 6.45) is 0.786. The first-order chi connectivity index (χ1) is 14.0. The van der Waals surface area contributed by atoms with Crippen molar-refractivity contribution in [2.45, 2.75) is 63.7 Å². The molecule has 0 radical (unpaired) electrons. The minimum absolute atomic E-state index is 0.249. The Hall–Kier alpha value is -2.73. The first kappa shape index (κ1) is 25.3. The maximum Gasteiger partial charge on any atom is 0.326 e. The van der Waals surface area contributed by atoms with Crippen LogP contribution in [-0.4, -0.2) is 82.0 Å². The maximum atomic E-state index is 13.1. The number of carbonyl (C=O) groups is 5. The fourth-order valence-corrected chi connectivity index (χ4v) is 3.18. The molecule has 4 amide bonds. The Bertz CT molecular complexity index is 671. The van der Waals surface area contributed by atoms with E-state index in [2.05, 4.69) is 10.6 Å². The quantitative estimate of drug-likeness (QED) is 0.203. The molecule has 12 heteroatoms. The SMILES string of the molecule is CCC(C)C(NC(=O)C(N)CO)C(=O)N1CCCC1C(=O)NC(CC(N)=O)C(=O)O. The van der Waals surface area contributed by atoms with Gasteiger partial charge in [0.25, 0.3) is 0 Å². The highest BCUT2D eigenvalue weighted by Gasteiger charge is 2.40. The standard InChI is InChI=1S/C18H31N5O7/c1-3-9(2)14(22-15(26)10(19)8-24)17(28)23-6-4-5-12(23)16(27)21-11(18(29)30)7-13(20)25/h9-12,14,24H,3-8,19H2,1-2H3,(H2,20,25)(H,21,27)(H,22,26)(H,29,30). The van der Waals surface area contributed by atoms with Crippen LogP contribution in [-0.2, 0) is 24.0 Å². The molecule has 5 unspecified atom stereocenters. The number of aliphatic carboxylic acids is 1. The van der Waals surface area contributed by atoms with Crippen molar-refractivity contribution in [1.82, 2.24) is 15.5 Å². The maximum absolute atomic E-state index is 13.1. The van der Waals surface area contributed by atoms with Crippen LogP contribution >= 0.6 is 0 Å². The number of rotatable bonds is 11. The van der Waals surface area contributed by atoms with Crippen LogP contribution in [0.2, 0.25) is 0 Å². The summed E-state index contributed by atoms with van der Waals surface area (Å²) in [6, 6.07) is -4.59. The van der Waals surface area contributed by atoms with Gasteiger partial charge in [-0.25, -0.2) is 4.79 Å². The van der Waals surface area contributed by atoms with E-state index in [1.54, 1.807) is 6.92 Å². The summed E-state index contributed by atoms with van der Waals surface area (Å²) >= 11 is 0. The van der Waals surface area contributed by atoms with Gasteiger partial charge < -0.3 is 37.2 Å². The van der Waals surface area contributed by atoms with Gasteiger partial charge in [0.1, 0.15) is 24.2 Å². The molecule has 0 spiro atoms. The van der Waals surface area contributed by atoms with E-state index in [1.165, 1.54) is 4.90 Å². The smallest absolute Gasteiger partial charge is 0.326 e. The van der Waals surface area contributed by atoms with Gasteiger partial charge >= 0.3 is 5.97 Å². The number of likely N-dealkylation sites (tertiary alicyclic amines) is 1. The van der Waals surface area contributed by atoms with E-state index in [1.807, 2.05) is 6.92 Å². The highest BCUT2D eigenvalue weighted by atomic mass is 16.4. The Morgan fingerprint density at radius 3 is 2.33 bits per heavy atom. The number of nitrogens with one attached hydrogen (secondary N) is 2. The largest absolute Gasteiger partial charge is 0.480 e. The molecule has 1 heterocycles. The molecule has 0 aromatic rings. The number of amides is 4. The highest BCUT2D eigenvalue weighted by molar-refractivity contribution is 5.95. The van der Waals surface area contributed by atoms with Crippen LogP contribution in [0.3, 0.4) is 0 Å². The van der Waals surface area contributed by atoms with Crippen molar-refractivity contribution in [2.75, 3.05) is 13.2 Å². The summed E-state index contributed by atoms with van der Waals surface area (Å²) in [5.41, 5.74) is 10.5. The minimum Gasteiger partial charge on any atom is -0.480 e. The number of hydrogen-bond donors (Lipinski definition) is 6. The second-order valence-electron chi connectivity index (χ2n) is 7.42. The van der Waals surface area contributed by atoms with E-state index in [0.717, 1.165) is 0 Å². The van der Waals surface area contributed by atoms with Crippen molar-refractivity contribution in [3.05, 3.63) is 0 Å². The van der Waals surface area contributed by atoms with Gasteiger partial charge in [-0.15, -0.1) is 0 Å². The van der Waals surface area contributed by atoms with Crippen molar-refractivity contribution >= 4 is 29.6 Å². The Morgan fingerprint density at radius 2 is 1.83 bits per heavy atom. The zero-order chi connectivity index (χ0) is 23.0. The van der Waals surface area contributed by atoms with E-state index in [9.17, 15) is 29.1 Å². The van der Waals surface area contributed by atoms with Crippen LogP contribution < -0.4 is 22.1 Å². The highest BCUT2D eigenvalue weighted by Crippen LogP contribution is 2.21. The lowest BCUT2D eigenvalue weighted by atomic mass is 9.97. The first-order valence-corrected chi connectivity index (χ1v) is 9.82. The number of primary amides is 1. The zero-order valence-electron chi connectivity index (χ0n) is 17.2. The molecule has 1 saturated heterocycles. The molecule has 30 heavy (non-hydrogen) atoms. The van der Waals surface area contributed by atoms with Crippen LogP contribution in [0.15, 0.2) is 0 Å². The second kappa shape index (κ2) is 11.5. The number of nitrogens with two attached hydrogens (primary N) is 2. The molecule has 0 bridgehead atoms. The number of carboxylic acid groups (broad SMARTS) is 1. The van der Waals surface area contributed by atoms with E-state index in [4.69, 9.17) is 16.6 Å². The monoisotopic (exact) mass is 429 g/mol. The Morgan fingerprint density at radius 1 is 1.20 bits per heavy atom. The molecule has 0 aliphatic carbocycles. The summed E-state index contributed by atoms with van der Waals surface area (Å²) in [6.45, 7) is 3.25. The lowest BCUT2D eigenvalue weighted by Crippen LogP contribution is -2.58. The fourth-order valence-electron chi connectivity index (χ4n) is 3.18. The zero-order valence-corrected chi connectivity index (χ0v) is 17.2. The minimum atomic E-state index is -1.50. The van der Waals surface area contributed by atoms with Crippen molar-refractivity contribution in [1.29, 1.82) is 0 Å². The number of hydrogen-bond acceptors (Lipinski definition) is 7. The van der Waals surface area contributed by atoms with Gasteiger partial charge in [0.2, 0.25) is 23.6 Å². The van der Waals surface area contributed by atoms with Crippen molar-refractivity contribution < 1.29 is 34.2 Å². The third-order valence-electron chi connectivity index (χ3n) is 5.17. The molecule has 1 fully saturated rings. The van der Waals surface area contributed by atoms with E-state index >= 15 is 0 Å². The third kappa shape index (κ3) is 6.66. The molecular weight excluding hydrogens is 398 g/mol. The molecule has 1 aliphatic heterocycles. The van der Waals surface area contributed by atoms with Gasteiger partial charge in [-0.2, -0.15) is 0 Å². The molecule has 0 aromatic carbocycles. The summed E-state index contributed by atoms with van der Waals surface area (Å²) in [5, 5.41) is 23.0. The normalized spacial score (nSPS) is 20.0. The van der Waals surface area contributed by atoms with Crippen LogP contribution in [0.1, 0.15) is 39.5 Å². The van der Waals surface area contributed by atoms with Gasteiger partial charge in [0.15, 0.2) is 0 Å². The molecule has 0 aromatic heterocycles. The summed E-state index contributed by atoms with van der Waals surface area (Å²) in [7, 11) is 0. The Kier molecular flexibility index (Phi) is 9.66. The predicted octanol–water partition coefficient (Wildman–Crippen LogP) is -2.73. The summed E-state index contributed by atoms with van der Waals surface area (Å²) in [5.74, 6) is -4.48. The molecule has 8 N–H and O–H groups in total. The van der Waals surface area contributed by atoms with Crippen molar-refractivity contribution in [3.63, 3.8) is 0 Å². The van der Waals surface area contributed by atoms with E-state index < -0.39 is 66.8 Å². The average molecular weight is 429 g/mol. The molecule has 5 atom stereocenters. The number of nitrogens with zero attached hydrogens (tertiary/aromatic N) is 1. The molecule has 1 aliphatic rings. The third-order valence-corrected chi connectivity index (χ3v) is 5.17. The van der Waals surface area contributed by atoms with Crippen LogP contribution in [0.5, 0.6) is 0 Å².